The molecular weight excluding hydrogens is 681 g/mol. The molecule has 4 aromatic rings. The van der Waals surface area contributed by atoms with E-state index in [2.05, 4.69) is 54.4 Å². The number of nitrogens with two attached hydrogens (primary N) is 2. The predicted molar refractivity (Wildman–Crippen MR) is 156 cm³/mol. The molecule has 8 heterocycles. The van der Waals surface area contributed by atoms with Gasteiger partial charge in [-0.05, 0) is 0 Å². The fourth-order valence-electron chi connectivity index (χ4n) is 5.87. The van der Waals surface area contributed by atoms with Crippen LogP contribution >= 0.6 is 38.1 Å². The van der Waals surface area contributed by atoms with Crippen molar-refractivity contribution in [2.45, 2.75) is 48.6 Å². The fourth-order valence-corrected chi connectivity index (χ4v) is 8.84. The van der Waals surface area contributed by atoms with Crippen LogP contribution in [0, 0.1) is 0 Å². The molecule has 4 aliphatic rings. The second kappa shape index (κ2) is 10.5. The number of hydrogen-bond donors (Lipinski definition) is 4. The van der Waals surface area contributed by atoms with Crippen LogP contribution in [0.3, 0.4) is 0 Å². The van der Waals surface area contributed by atoms with Crippen LogP contribution in [0.5, 0.6) is 0 Å². The molecule has 19 nitrogen and oxygen atoms in total. The molecule has 4 saturated heterocycles. The van der Waals surface area contributed by atoms with Gasteiger partial charge in [0.1, 0.15) is 53.7 Å². The predicted octanol–water partition coefficient (Wildman–Crippen LogP) is 1.63. The molecule has 4 aliphatic heterocycles. The lowest BCUT2D eigenvalue weighted by atomic mass is 10.0. The lowest BCUT2D eigenvalue weighted by Crippen LogP contribution is -2.45. The van der Waals surface area contributed by atoms with E-state index in [1.165, 1.54) is 34.4 Å². The third-order valence-electron chi connectivity index (χ3n) is 7.94. The number of ether oxygens (including phenoxy) is 3. The molecule has 8 rings (SSSR count). The summed E-state index contributed by atoms with van der Waals surface area (Å²) in [6.45, 7) is -9.90. The molecule has 4 N–H and O–H groups in total. The molecule has 10 atom stereocenters. The lowest BCUT2D eigenvalue weighted by Gasteiger charge is -2.32. The average molecular weight is 705 g/mol. The van der Waals surface area contributed by atoms with E-state index in [1.807, 2.05) is 0 Å². The topological polar surface area (TPSA) is 238 Å². The van der Waals surface area contributed by atoms with Crippen molar-refractivity contribution in [2.75, 3.05) is 31.3 Å². The highest BCUT2D eigenvalue weighted by atomic mass is 32.7. The molecular formula is C21H23FN10O9P2S2. The Morgan fingerprint density at radius 3 is 2.13 bits per heavy atom. The molecule has 24 heteroatoms. The van der Waals surface area contributed by atoms with E-state index < -0.39 is 75.5 Å². The van der Waals surface area contributed by atoms with Crippen LogP contribution in [-0.2, 0) is 41.4 Å². The third-order valence-corrected chi connectivity index (χ3v) is 11.1. The van der Waals surface area contributed by atoms with Crippen LogP contribution < -0.4 is 11.5 Å². The Balaban J connectivity index is 1.14. The second-order valence-electron chi connectivity index (χ2n) is 10.6. The molecule has 0 amide bonds. The maximum absolute atomic E-state index is 15.9. The van der Waals surface area contributed by atoms with Crippen LogP contribution in [0.25, 0.3) is 22.3 Å². The molecule has 240 valence electrons. The molecule has 4 bridgehead atoms. The van der Waals surface area contributed by atoms with Crippen LogP contribution in [0.2, 0.25) is 0 Å². The summed E-state index contributed by atoms with van der Waals surface area (Å²) in [5.74, 6) is 0.218. The first-order valence-electron chi connectivity index (χ1n) is 13.2. The summed E-state index contributed by atoms with van der Waals surface area (Å²) in [5, 5.41) is 0. The number of alkyl halides is 1. The average Bonchev–Trinajstić information content (AvgIpc) is 3.80. The normalized spacial score (nSPS) is 40.3. The number of halogens is 1. The summed E-state index contributed by atoms with van der Waals surface area (Å²) in [4.78, 5) is 24.7. The molecule has 0 radical (unpaired) electrons. The number of nitrogens with zero attached hydrogens (tertiary/aromatic N) is 8. The number of aromatic nitrogens is 8. The molecule has 1 unspecified atom stereocenters. The maximum Gasteiger partial charge on any atom is 0.386 e. The van der Waals surface area contributed by atoms with Gasteiger partial charge in [-0.3, -0.25) is 27.2 Å². The number of nitrogen functional groups attached to an aromatic ring is 2. The van der Waals surface area contributed by atoms with Crippen LogP contribution in [0.15, 0.2) is 25.3 Å². The van der Waals surface area contributed by atoms with Crippen molar-refractivity contribution in [1.82, 2.24) is 39.0 Å². The van der Waals surface area contributed by atoms with Gasteiger partial charge in [0.2, 0.25) is 0 Å². The van der Waals surface area contributed by atoms with Gasteiger partial charge in [0, 0.05) is 0 Å². The van der Waals surface area contributed by atoms with E-state index in [0.717, 1.165) is 0 Å². The minimum Gasteiger partial charge on any atom is -0.382 e. The van der Waals surface area contributed by atoms with Crippen molar-refractivity contribution >= 4 is 72.1 Å². The summed E-state index contributed by atoms with van der Waals surface area (Å²) in [7, 11) is 0. The highest BCUT2D eigenvalue weighted by molar-refractivity contribution is 8.44. The van der Waals surface area contributed by atoms with Crippen molar-refractivity contribution in [3.05, 3.63) is 25.3 Å². The minimum absolute atomic E-state index is 0.0739. The fraction of sp³-hybridized carbons (Fsp3) is 0.524. The van der Waals surface area contributed by atoms with Gasteiger partial charge in [0.25, 0.3) is 0 Å². The van der Waals surface area contributed by atoms with E-state index in [4.69, 9.17) is 43.8 Å². The van der Waals surface area contributed by atoms with Gasteiger partial charge in [-0.25, -0.2) is 43.4 Å². The van der Waals surface area contributed by atoms with Crippen molar-refractivity contribution in [2.24, 2.45) is 0 Å². The zero-order chi connectivity index (χ0) is 31.3. The Morgan fingerprint density at radius 2 is 1.47 bits per heavy atom. The number of rotatable bonds is 2. The minimum atomic E-state index is -4.38. The van der Waals surface area contributed by atoms with Gasteiger partial charge in [-0.2, -0.15) is 0 Å². The van der Waals surface area contributed by atoms with E-state index in [9.17, 15) is 9.13 Å². The Labute approximate surface area is 261 Å². The Hall–Kier alpha value is -2.49. The maximum atomic E-state index is 15.9. The lowest BCUT2D eigenvalue weighted by molar-refractivity contribution is -0.182. The summed E-state index contributed by atoms with van der Waals surface area (Å²) < 4.78 is 87.1. The van der Waals surface area contributed by atoms with Gasteiger partial charge < -0.3 is 25.7 Å². The monoisotopic (exact) mass is 704 g/mol. The molecule has 45 heavy (non-hydrogen) atoms. The van der Waals surface area contributed by atoms with Gasteiger partial charge in [-0.15, -0.1) is 0 Å². The molecule has 0 saturated carbocycles. The first-order valence-corrected chi connectivity index (χ1v) is 18.6. The molecule has 0 aromatic carbocycles. The number of imidazole rings is 2. The zero-order valence-corrected chi connectivity index (χ0v) is 26.1. The first-order chi connectivity index (χ1) is 21.5. The standard InChI is InChI=1S/C21H23FN10O9P2S2/c22-9-8-1-36-42(33,44)41-14-13-20(32-7-30-11-16(24)26-5-28-18(11)32)39-21(14,2-35-13)3-37-43(34,45)40-12(9)19(38-8)31-6-29-10-15(23)25-4-27-17(10)31/h4-9,12-14,19-20H,1-3H2,(H,33,44)(H,34,45)(H2,23,25,27)(H2,24,26,28)/t8-,9-,12-,13-,14+,19-,20?,21-,42-,43-/m1/s1. The zero-order valence-electron chi connectivity index (χ0n) is 22.5. The molecule has 4 fully saturated rings. The van der Waals surface area contributed by atoms with Gasteiger partial charge in [0.15, 0.2) is 41.6 Å². The summed E-state index contributed by atoms with van der Waals surface area (Å²) >= 11 is 8.28. The Bertz CT molecular complexity index is 1920. The summed E-state index contributed by atoms with van der Waals surface area (Å²) in [6, 6.07) is 0. The summed E-state index contributed by atoms with van der Waals surface area (Å²) in [5.41, 5.74) is 11.4. The van der Waals surface area contributed by atoms with Crippen molar-refractivity contribution in [3.8, 4) is 0 Å². The highest BCUT2D eigenvalue weighted by Gasteiger charge is 2.66. The SMILES string of the molecule is Nc1ncnc2c1ncn2C1O[C@@]23CO[C@@H]1[C@@H]2O[P@](=O)(S)OC[C@H]1O[C@@H](n2cnc4c(N)ncnc42)[C@H](O[P@](=O)(S)OC3)[C@@H]1F. The number of fused-ring (bicyclic) bond motifs is 4. The van der Waals surface area contributed by atoms with Gasteiger partial charge >= 0.3 is 13.6 Å². The molecule has 4 aromatic heterocycles. The van der Waals surface area contributed by atoms with Gasteiger partial charge in [0.05, 0.1) is 32.5 Å². The Morgan fingerprint density at radius 1 is 0.844 bits per heavy atom. The van der Waals surface area contributed by atoms with Crippen LogP contribution in [0.1, 0.15) is 12.5 Å². The van der Waals surface area contributed by atoms with Crippen molar-refractivity contribution < 1.29 is 45.8 Å². The van der Waals surface area contributed by atoms with Crippen LogP contribution in [0.4, 0.5) is 16.0 Å². The second-order valence-corrected chi connectivity index (χ2v) is 16.4. The van der Waals surface area contributed by atoms with Crippen molar-refractivity contribution in [3.63, 3.8) is 0 Å². The van der Waals surface area contributed by atoms with E-state index >= 15 is 4.39 Å². The first kappa shape index (κ1) is 29.9. The number of hydrogen-bond acceptors (Lipinski definition) is 17. The third kappa shape index (κ3) is 4.86. The van der Waals surface area contributed by atoms with Crippen molar-refractivity contribution in [1.29, 1.82) is 0 Å². The molecule has 0 aliphatic carbocycles. The largest absolute Gasteiger partial charge is 0.386 e. The van der Waals surface area contributed by atoms with Crippen LogP contribution in [-0.4, -0.2) is 95.0 Å². The number of anilines is 2. The van der Waals surface area contributed by atoms with E-state index in [1.54, 1.807) is 0 Å². The summed E-state index contributed by atoms with van der Waals surface area (Å²) in [6.07, 6.45) is -4.12. The molecule has 0 spiro atoms. The smallest absolute Gasteiger partial charge is 0.382 e. The van der Waals surface area contributed by atoms with E-state index in [0.29, 0.717) is 11.2 Å². The quantitative estimate of drug-likeness (QED) is 0.171. The van der Waals surface area contributed by atoms with Gasteiger partial charge in [-0.1, -0.05) is 24.5 Å². The highest BCUT2D eigenvalue weighted by Crippen LogP contribution is 2.63. The Kier molecular flexibility index (Phi) is 6.98. The number of thiol groups is 2. The van der Waals surface area contributed by atoms with E-state index in [-0.39, 0.29) is 29.4 Å².